The Labute approximate surface area is 114 Å². The number of aliphatic carboxylic acids is 1. The molecular formula is C14H15F2NO3. The van der Waals surface area contributed by atoms with Crippen LogP contribution in [0.1, 0.15) is 30.7 Å². The molecule has 0 aromatic heterocycles. The smallest absolute Gasteiger partial charge is 0.303 e. The van der Waals surface area contributed by atoms with Crippen LogP contribution in [0.3, 0.4) is 0 Å². The van der Waals surface area contributed by atoms with Crippen molar-refractivity contribution in [3.8, 4) is 0 Å². The summed E-state index contributed by atoms with van der Waals surface area (Å²) in [5.41, 5.74) is 0.232. The van der Waals surface area contributed by atoms with E-state index >= 15 is 0 Å². The Bertz CT molecular complexity index is 533. The molecule has 0 saturated heterocycles. The van der Waals surface area contributed by atoms with Crippen molar-refractivity contribution in [3.63, 3.8) is 0 Å². The van der Waals surface area contributed by atoms with Gasteiger partial charge >= 0.3 is 5.97 Å². The van der Waals surface area contributed by atoms with Crippen LogP contribution in [0.5, 0.6) is 0 Å². The van der Waals surface area contributed by atoms with Crippen LogP contribution in [0.25, 0.3) is 0 Å². The molecule has 0 aliphatic heterocycles. The second-order valence-corrected chi connectivity index (χ2v) is 4.88. The second kappa shape index (κ2) is 5.98. The molecule has 2 atom stereocenters. The Morgan fingerprint density at radius 2 is 2.10 bits per heavy atom. The number of carboxylic acids is 1. The van der Waals surface area contributed by atoms with Gasteiger partial charge in [0, 0.05) is 18.9 Å². The summed E-state index contributed by atoms with van der Waals surface area (Å²) < 4.78 is 26.6. The molecule has 2 N–H and O–H groups in total. The minimum absolute atomic E-state index is 0.00704. The summed E-state index contributed by atoms with van der Waals surface area (Å²) in [5, 5.41) is 11.1. The first-order chi connectivity index (χ1) is 9.50. The third-order valence-electron chi connectivity index (χ3n) is 3.37. The van der Waals surface area contributed by atoms with E-state index in [-0.39, 0.29) is 36.3 Å². The van der Waals surface area contributed by atoms with Gasteiger partial charge in [0.05, 0.1) is 0 Å². The average molecular weight is 283 g/mol. The molecule has 0 spiro atoms. The normalized spacial score (nSPS) is 20.5. The van der Waals surface area contributed by atoms with Crippen LogP contribution < -0.4 is 5.32 Å². The highest BCUT2D eigenvalue weighted by Gasteiger charge is 2.45. The quantitative estimate of drug-likeness (QED) is 0.785. The summed E-state index contributed by atoms with van der Waals surface area (Å²) in [4.78, 5) is 22.1. The number of halogens is 2. The first-order valence-electron chi connectivity index (χ1n) is 6.44. The van der Waals surface area contributed by atoms with Gasteiger partial charge in [0.2, 0.25) is 5.91 Å². The van der Waals surface area contributed by atoms with Crippen LogP contribution in [-0.2, 0) is 9.59 Å². The molecule has 1 fully saturated rings. The maximum atomic E-state index is 13.6. The van der Waals surface area contributed by atoms with Gasteiger partial charge in [0.15, 0.2) is 11.6 Å². The zero-order valence-electron chi connectivity index (χ0n) is 10.7. The van der Waals surface area contributed by atoms with Crippen LogP contribution in [-0.4, -0.2) is 23.5 Å². The predicted octanol–water partition coefficient (Wildman–Crippen LogP) is 2.05. The van der Waals surface area contributed by atoms with E-state index in [1.807, 2.05) is 0 Å². The van der Waals surface area contributed by atoms with E-state index in [1.54, 1.807) is 0 Å². The van der Waals surface area contributed by atoms with Crippen molar-refractivity contribution >= 4 is 11.9 Å². The Kier molecular flexibility index (Phi) is 4.32. The fourth-order valence-electron chi connectivity index (χ4n) is 2.22. The molecule has 1 aromatic rings. The largest absolute Gasteiger partial charge is 0.481 e. The molecule has 0 radical (unpaired) electrons. The molecule has 1 aliphatic carbocycles. The summed E-state index contributed by atoms with van der Waals surface area (Å²) in [7, 11) is 0. The van der Waals surface area contributed by atoms with Gasteiger partial charge in [-0.1, -0.05) is 12.1 Å². The van der Waals surface area contributed by atoms with Crippen molar-refractivity contribution in [2.45, 2.75) is 25.2 Å². The molecule has 0 unspecified atom stereocenters. The first kappa shape index (κ1) is 14.4. The van der Waals surface area contributed by atoms with Crippen LogP contribution in [0, 0.1) is 17.6 Å². The molecule has 20 heavy (non-hydrogen) atoms. The molecule has 6 heteroatoms. The van der Waals surface area contributed by atoms with Crippen molar-refractivity contribution < 1.29 is 23.5 Å². The summed E-state index contributed by atoms with van der Waals surface area (Å²) >= 11 is 0. The van der Waals surface area contributed by atoms with E-state index in [1.165, 1.54) is 12.1 Å². The maximum absolute atomic E-state index is 13.6. The summed E-state index contributed by atoms with van der Waals surface area (Å²) in [6.07, 6.45) is 0.838. The zero-order chi connectivity index (χ0) is 14.7. The Hall–Kier alpha value is -1.98. The lowest BCUT2D eigenvalue weighted by Gasteiger charge is -2.05. The van der Waals surface area contributed by atoms with Gasteiger partial charge in [0.1, 0.15) is 0 Å². The zero-order valence-corrected chi connectivity index (χ0v) is 10.7. The fourth-order valence-corrected chi connectivity index (χ4v) is 2.22. The topological polar surface area (TPSA) is 66.4 Å². The van der Waals surface area contributed by atoms with E-state index in [4.69, 9.17) is 5.11 Å². The number of nitrogens with one attached hydrogen (secondary N) is 1. The van der Waals surface area contributed by atoms with E-state index in [2.05, 4.69) is 5.32 Å². The predicted molar refractivity (Wildman–Crippen MR) is 67.1 cm³/mol. The summed E-state index contributed by atoms with van der Waals surface area (Å²) in [6.45, 7) is 0.278. The van der Waals surface area contributed by atoms with Gasteiger partial charge in [-0.05, 0) is 30.4 Å². The summed E-state index contributed by atoms with van der Waals surface area (Å²) in [5.74, 6) is -3.58. The third kappa shape index (κ3) is 3.31. The molecule has 1 amide bonds. The lowest BCUT2D eigenvalue weighted by Crippen LogP contribution is -2.26. The summed E-state index contributed by atoms with van der Waals surface area (Å²) in [6, 6.07) is 3.96. The van der Waals surface area contributed by atoms with E-state index < -0.39 is 17.6 Å². The highest BCUT2D eigenvalue weighted by atomic mass is 19.2. The van der Waals surface area contributed by atoms with Gasteiger partial charge < -0.3 is 10.4 Å². The monoisotopic (exact) mass is 283 g/mol. The van der Waals surface area contributed by atoms with Gasteiger partial charge in [0.25, 0.3) is 0 Å². The number of amides is 1. The number of benzene rings is 1. The fraction of sp³-hybridized carbons (Fsp3) is 0.429. The van der Waals surface area contributed by atoms with Crippen molar-refractivity contribution in [3.05, 3.63) is 35.4 Å². The Morgan fingerprint density at radius 3 is 2.80 bits per heavy atom. The minimum Gasteiger partial charge on any atom is -0.481 e. The van der Waals surface area contributed by atoms with Crippen LogP contribution in [0.2, 0.25) is 0 Å². The third-order valence-corrected chi connectivity index (χ3v) is 3.37. The molecule has 2 rings (SSSR count). The molecule has 4 nitrogen and oxygen atoms in total. The van der Waals surface area contributed by atoms with Gasteiger partial charge in [-0.15, -0.1) is 0 Å². The molecule has 108 valence electrons. The standard InChI is InChI=1S/C14H15F2NO3/c15-11-4-1-3-8(13(11)16)9-7-10(9)14(20)17-6-2-5-12(18)19/h1,3-4,9-10H,2,5-7H2,(H,17,20)(H,18,19)/t9-,10-/m1/s1. The number of hydrogen-bond acceptors (Lipinski definition) is 2. The molecule has 0 bridgehead atoms. The number of carbonyl (C=O) groups is 2. The van der Waals surface area contributed by atoms with E-state index in [0.29, 0.717) is 12.8 Å². The SMILES string of the molecule is O=C(O)CCCNC(=O)[C@@H]1C[C@@H]1c1cccc(F)c1F. The van der Waals surface area contributed by atoms with Crippen molar-refractivity contribution in [2.75, 3.05) is 6.54 Å². The molecule has 0 heterocycles. The first-order valence-corrected chi connectivity index (χ1v) is 6.44. The van der Waals surface area contributed by atoms with Crippen LogP contribution in [0.15, 0.2) is 18.2 Å². The van der Waals surface area contributed by atoms with Crippen LogP contribution in [0.4, 0.5) is 8.78 Å². The van der Waals surface area contributed by atoms with Crippen molar-refractivity contribution in [1.29, 1.82) is 0 Å². The van der Waals surface area contributed by atoms with Crippen LogP contribution >= 0.6 is 0 Å². The second-order valence-electron chi connectivity index (χ2n) is 4.88. The van der Waals surface area contributed by atoms with E-state index in [9.17, 15) is 18.4 Å². The number of carboxylic acid groups (broad SMARTS) is 1. The van der Waals surface area contributed by atoms with E-state index in [0.717, 1.165) is 6.07 Å². The number of carbonyl (C=O) groups excluding carboxylic acids is 1. The number of hydrogen-bond donors (Lipinski definition) is 2. The highest BCUT2D eigenvalue weighted by Crippen LogP contribution is 2.48. The Morgan fingerprint density at radius 1 is 1.35 bits per heavy atom. The molecule has 1 aromatic carbocycles. The lowest BCUT2D eigenvalue weighted by molar-refractivity contribution is -0.137. The number of rotatable bonds is 6. The molecule has 1 aliphatic rings. The van der Waals surface area contributed by atoms with Crippen molar-refractivity contribution in [2.24, 2.45) is 5.92 Å². The van der Waals surface area contributed by atoms with Gasteiger partial charge in [-0.25, -0.2) is 8.78 Å². The van der Waals surface area contributed by atoms with Gasteiger partial charge in [-0.3, -0.25) is 9.59 Å². The Balaban J connectivity index is 1.83. The molecule has 1 saturated carbocycles. The lowest BCUT2D eigenvalue weighted by atomic mass is 10.1. The molecular weight excluding hydrogens is 268 g/mol. The maximum Gasteiger partial charge on any atom is 0.303 e. The average Bonchev–Trinajstić information content (AvgIpc) is 3.17. The van der Waals surface area contributed by atoms with Gasteiger partial charge in [-0.2, -0.15) is 0 Å². The minimum atomic E-state index is -0.912. The highest BCUT2D eigenvalue weighted by molar-refractivity contribution is 5.82. The van der Waals surface area contributed by atoms with Crippen molar-refractivity contribution in [1.82, 2.24) is 5.32 Å².